The van der Waals surface area contributed by atoms with Crippen LogP contribution in [0, 0.1) is 5.92 Å². The van der Waals surface area contributed by atoms with Gasteiger partial charge in [-0.15, -0.1) is 12.4 Å². The van der Waals surface area contributed by atoms with Gasteiger partial charge in [-0.1, -0.05) is 0 Å². The standard InChI is InChI=1S/C16H25N3O4S.ClH/c1-16(10-17,12-6-7-12)18-15(20)11-5-8-13(23-4)14(9-11)24(21,22)19(2)3;/h5,8-9,12H,6-7,10,17H2,1-4H3,(H,18,20);1H. The Hall–Kier alpha value is -1.35. The van der Waals surface area contributed by atoms with Gasteiger partial charge in [-0.2, -0.15) is 0 Å². The number of nitrogens with one attached hydrogen (secondary N) is 1. The molecule has 9 heteroatoms. The highest BCUT2D eigenvalue weighted by Crippen LogP contribution is 2.39. The van der Waals surface area contributed by atoms with Crippen LogP contribution in [0.4, 0.5) is 0 Å². The summed E-state index contributed by atoms with van der Waals surface area (Å²) in [6, 6.07) is 4.38. The molecule has 142 valence electrons. The number of nitrogens with zero attached hydrogens (tertiary/aromatic N) is 1. The summed E-state index contributed by atoms with van der Waals surface area (Å²) in [5, 5.41) is 2.95. The first-order chi connectivity index (χ1) is 11.2. The molecule has 1 aliphatic carbocycles. The summed E-state index contributed by atoms with van der Waals surface area (Å²) in [4.78, 5) is 12.5. The second-order valence-corrected chi connectivity index (χ2v) is 8.62. The fourth-order valence-corrected chi connectivity index (χ4v) is 3.66. The minimum absolute atomic E-state index is 0. The van der Waals surface area contributed by atoms with E-state index in [4.69, 9.17) is 10.5 Å². The van der Waals surface area contributed by atoms with E-state index in [9.17, 15) is 13.2 Å². The number of amides is 1. The maximum Gasteiger partial charge on any atom is 0.251 e. The molecule has 0 aliphatic heterocycles. The summed E-state index contributed by atoms with van der Waals surface area (Å²) in [5.74, 6) is 0.228. The maximum atomic E-state index is 12.6. The number of hydrogen-bond donors (Lipinski definition) is 2. The molecule has 0 spiro atoms. The summed E-state index contributed by atoms with van der Waals surface area (Å²) in [5.41, 5.74) is 5.61. The molecule has 1 aromatic rings. The van der Waals surface area contributed by atoms with Crippen LogP contribution in [0.3, 0.4) is 0 Å². The highest BCUT2D eigenvalue weighted by molar-refractivity contribution is 7.89. The van der Waals surface area contributed by atoms with Crippen molar-refractivity contribution in [2.45, 2.75) is 30.2 Å². The van der Waals surface area contributed by atoms with E-state index in [1.807, 2.05) is 6.92 Å². The van der Waals surface area contributed by atoms with Crippen molar-refractivity contribution in [3.8, 4) is 5.75 Å². The molecule has 1 fully saturated rings. The third-order valence-electron chi connectivity index (χ3n) is 4.49. The van der Waals surface area contributed by atoms with Crippen LogP contribution < -0.4 is 15.8 Å². The molecule has 0 heterocycles. The smallest absolute Gasteiger partial charge is 0.251 e. The van der Waals surface area contributed by atoms with Gasteiger partial charge in [0.15, 0.2) is 0 Å². The molecule has 25 heavy (non-hydrogen) atoms. The van der Waals surface area contributed by atoms with Gasteiger partial charge in [0.25, 0.3) is 5.91 Å². The molecule has 0 saturated heterocycles. The average molecular weight is 392 g/mol. The van der Waals surface area contributed by atoms with Gasteiger partial charge >= 0.3 is 0 Å². The summed E-state index contributed by atoms with van der Waals surface area (Å²) >= 11 is 0. The minimum atomic E-state index is -3.73. The number of carbonyl (C=O) groups excluding carboxylic acids is 1. The Kier molecular flexibility index (Phi) is 6.86. The second kappa shape index (κ2) is 7.90. The van der Waals surface area contributed by atoms with Gasteiger partial charge in [0.1, 0.15) is 10.6 Å². The van der Waals surface area contributed by atoms with Gasteiger partial charge in [-0.3, -0.25) is 4.79 Å². The molecule has 1 atom stereocenters. The zero-order valence-electron chi connectivity index (χ0n) is 14.9. The number of nitrogens with two attached hydrogens (primary N) is 1. The molecule has 2 rings (SSSR count). The van der Waals surface area contributed by atoms with Gasteiger partial charge in [-0.25, -0.2) is 12.7 Å². The zero-order valence-corrected chi connectivity index (χ0v) is 16.5. The number of benzene rings is 1. The largest absolute Gasteiger partial charge is 0.495 e. The van der Waals surface area contributed by atoms with E-state index in [1.165, 1.54) is 33.3 Å². The first kappa shape index (κ1) is 21.7. The lowest BCUT2D eigenvalue weighted by atomic mass is 9.95. The predicted molar refractivity (Wildman–Crippen MR) is 98.8 cm³/mol. The normalized spacial score (nSPS) is 16.7. The molecule has 1 aromatic carbocycles. The first-order valence-corrected chi connectivity index (χ1v) is 9.23. The van der Waals surface area contributed by atoms with Crippen LogP contribution in [0.15, 0.2) is 23.1 Å². The maximum absolute atomic E-state index is 12.6. The van der Waals surface area contributed by atoms with Crippen molar-refractivity contribution in [2.75, 3.05) is 27.7 Å². The Morgan fingerprint density at radius 1 is 1.40 bits per heavy atom. The number of hydrogen-bond acceptors (Lipinski definition) is 5. The Morgan fingerprint density at radius 2 is 2.00 bits per heavy atom. The fourth-order valence-electron chi connectivity index (χ4n) is 2.59. The lowest BCUT2D eigenvalue weighted by molar-refractivity contribution is 0.0897. The molecule has 1 amide bonds. The van der Waals surface area contributed by atoms with Crippen molar-refractivity contribution in [2.24, 2.45) is 11.7 Å². The van der Waals surface area contributed by atoms with E-state index in [2.05, 4.69) is 5.32 Å². The van der Waals surface area contributed by atoms with E-state index in [0.29, 0.717) is 12.5 Å². The van der Waals surface area contributed by atoms with Gasteiger partial charge in [0, 0.05) is 26.2 Å². The minimum Gasteiger partial charge on any atom is -0.495 e. The first-order valence-electron chi connectivity index (χ1n) is 7.79. The summed E-state index contributed by atoms with van der Waals surface area (Å²) in [6.07, 6.45) is 2.08. The Bertz CT molecular complexity index is 735. The van der Waals surface area contributed by atoms with Crippen molar-refractivity contribution in [1.82, 2.24) is 9.62 Å². The van der Waals surface area contributed by atoms with Crippen molar-refractivity contribution >= 4 is 28.3 Å². The summed E-state index contributed by atoms with van der Waals surface area (Å²) in [7, 11) is 0.527. The Labute approximate surface area is 155 Å². The number of rotatable bonds is 7. The van der Waals surface area contributed by atoms with E-state index in [1.54, 1.807) is 6.07 Å². The van der Waals surface area contributed by atoms with Gasteiger partial charge in [0.05, 0.1) is 12.6 Å². The van der Waals surface area contributed by atoms with Gasteiger partial charge in [-0.05, 0) is 43.9 Å². The van der Waals surface area contributed by atoms with Crippen LogP contribution in [-0.2, 0) is 10.0 Å². The van der Waals surface area contributed by atoms with Gasteiger partial charge in [0.2, 0.25) is 10.0 Å². The SMILES string of the molecule is COc1ccc(C(=O)NC(C)(CN)C2CC2)cc1S(=O)(=O)N(C)C.Cl. The van der Waals surface area contributed by atoms with Crippen LogP contribution in [0.25, 0.3) is 0 Å². The Morgan fingerprint density at radius 3 is 2.44 bits per heavy atom. The van der Waals surface area contributed by atoms with Gasteiger partial charge < -0.3 is 15.8 Å². The summed E-state index contributed by atoms with van der Waals surface area (Å²) in [6.45, 7) is 2.26. The van der Waals surface area contributed by atoms with Crippen LogP contribution in [0.2, 0.25) is 0 Å². The molecule has 1 saturated carbocycles. The lowest BCUT2D eigenvalue weighted by Gasteiger charge is -2.29. The molecule has 1 unspecified atom stereocenters. The van der Waals surface area contributed by atoms with Crippen molar-refractivity contribution in [3.63, 3.8) is 0 Å². The second-order valence-electron chi connectivity index (χ2n) is 6.50. The molecular formula is C16H26ClN3O4S. The molecule has 7 nitrogen and oxygen atoms in total. The van der Waals surface area contributed by atoms with Crippen molar-refractivity contribution < 1.29 is 17.9 Å². The van der Waals surface area contributed by atoms with Crippen LogP contribution >= 0.6 is 12.4 Å². The topological polar surface area (TPSA) is 102 Å². The van der Waals surface area contributed by atoms with Crippen molar-refractivity contribution in [3.05, 3.63) is 23.8 Å². The van der Waals surface area contributed by atoms with E-state index in [0.717, 1.165) is 17.1 Å². The molecular weight excluding hydrogens is 366 g/mol. The monoisotopic (exact) mass is 391 g/mol. The fraction of sp³-hybridized carbons (Fsp3) is 0.562. The highest BCUT2D eigenvalue weighted by atomic mass is 35.5. The average Bonchev–Trinajstić information content (AvgIpc) is 3.39. The number of methoxy groups -OCH3 is 1. The zero-order chi connectivity index (χ0) is 18.1. The number of sulfonamides is 1. The molecule has 0 aromatic heterocycles. The third-order valence-corrected chi connectivity index (χ3v) is 6.32. The van der Waals surface area contributed by atoms with Crippen LogP contribution in [0.5, 0.6) is 5.75 Å². The summed E-state index contributed by atoms with van der Waals surface area (Å²) < 4.78 is 31.1. The van der Waals surface area contributed by atoms with Crippen LogP contribution in [-0.4, -0.2) is 51.9 Å². The molecule has 1 aliphatic rings. The Balaban J connectivity index is 0.00000312. The number of ether oxygens (including phenoxy) is 1. The third kappa shape index (κ3) is 4.44. The molecule has 3 N–H and O–H groups in total. The van der Waals surface area contributed by atoms with Crippen molar-refractivity contribution in [1.29, 1.82) is 0 Å². The number of carbonyl (C=O) groups is 1. The van der Waals surface area contributed by atoms with E-state index >= 15 is 0 Å². The van der Waals surface area contributed by atoms with E-state index < -0.39 is 15.6 Å². The number of halogens is 1. The van der Waals surface area contributed by atoms with E-state index in [-0.39, 0.29) is 34.5 Å². The molecule has 0 bridgehead atoms. The van der Waals surface area contributed by atoms with Crippen LogP contribution in [0.1, 0.15) is 30.1 Å². The lowest BCUT2D eigenvalue weighted by Crippen LogP contribution is -2.53. The predicted octanol–water partition coefficient (Wildman–Crippen LogP) is 1.22. The highest BCUT2D eigenvalue weighted by Gasteiger charge is 2.41. The quantitative estimate of drug-likeness (QED) is 0.727. The molecule has 0 radical (unpaired) electrons.